The molecule has 0 aliphatic heterocycles. The molecule has 4 heteroatoms. The molecule has 3 nitrogen and oxygen atoms in total. The lowest BCUT2D eigenvalue weighted by Crippen LogP contribution is -2.25. The third-order valence-corrected chi connectivity index (χ3v) is 1.11. The highest BCUT2D eigenvalue weighted by molar-refractivity contribution is 5.85. The second-order valence-electron chi connectivity index (χ2n) is 2.62. The Morgan fingerprint density at radius 2 is 1.91 bits per heavy atom. The second-order valence-corrected chi connectivity index (χ2v) is 2.62. The molecule has 0 spiro atoms. The Kier molecular flexibility index (Phi) is 7.79. The minimum atomic E-state index is -0.211. The molecule has 1 atom stereocenters. The highest BCUT2D eigenvalue weighted by Crippen LogP contribution is 1.98. The van der Waals surface area contributed by atoms with Crippen LogP contribution in [0.15, 0.2) is 0 Å². The van der Waals surface area contributed by atoms with Gasteiger partial charge in [0, 0.05) is 6.54 Å². The van der Waals surface area contributed by atoms with Gasteiger partial charge in [0.2, 0.25) is 0 Å². The molecule has 0 unspecified atom stereocenters. The van der Waals surface area contributed by atoms with Crippen molar-refractivity contribution in [1.82, 2.24) is 0 Å². The fraction of sp³-hybridized carbons (Fsp3) is 0.857. The van der Waals surface area contributed by atoms with Crippen LogP contribution in [0.3, 0.4) is 0 Å². The SMILES string of the molecule is CC(C)OC(=O)[C@@H](C)CN.Cl. The molecular weight excluding hydrogens is 166 g/mol. The van der Waals surface area contributed by atoms with Crippen molar-refractivity contribution < 1.29 is 9.53 Å². The van der Waals surface area contributed by atoms with Crippen LogP contribution in [-0.2, 0) is 9.53 Å². The van der Waals surface area contributed by atoms with Crippen molar-refractivity contribution in [3.05, 3.63) is 0 Å². The van der Waals surface area contributed by atoms with E-state index in [1.807, 2.05) is 13.8 Å². The third kappa shape index (κ3) is 6.13. The van der Waals surface area contributed by atoms with Crippen LogP contribution in [0.4, 0.5) is 0 Å². The molecule has 68 valence electrons. The Balaban J connectivity index is 0. The summed E-state index contributed by atoms with van der Waals surface area (Å²) < 4.78 is 4.88. The maximum Gasteiger partial charge on any atom is 0.310 e. The molecule has 0 aromatic heterocycles. The molecular formula is C7H16ClNO2. The van der Waals surface area contributed by atoms with E-state index >= 15 is 0 Å². The lowest BCUT2D eigenvalue weighted by molar-refractivity contribution is -0.151. The topological polar surface area (TPSA) is 52.3 Å². The second kappa shape index (κ2) is 6.43. The van der Waals surface area contributed by atoms with E-state index in [1.54, 1.807) is 6.92 Å². The fourth-order valence-corrected chi connectivity index (χ4v) is 0.445. The van der Waals surface area contributed by atoms with E-state index in [2.05, 4.69) is 0 Å². The van der Waals surface area contributed by atoms with Crippen LogP contribution in [0.1, 0.15) is 20.8 Å². The van der Waals surface area contributed by atoms with Crippen molar-refractivity contribution >= 4 is 18.4 Å². The molecule has 0 fully saturated rings. The molecule has 0 heterocycles. The number of esters is 1. The summed E-state index contributed by atoms with van der Waals surface area (Å²) in [6.07, 6.45) is -0.0403. The van der Waals surface area contributed by atoms with Crippen molar-refractivity contribution in [2.24, 2.45) is 11.7 Å². The van der Waals surface area contributed by atoms with Gasteiger partial charge >= 0.3 is 5.97 Å². The summed E-state index contributed by atoms with van der Waals surface area (Å²) in [5.74, 6) is -0.389. The molecule has 0 bridgehead atoms. The summed E-state index contributed by atoms with van der Waals surface area (Å²) in [5, 5.41) is 0. The maximum atomic E-state index is 10.9. The van der Waals surface area contributed by atoms with Gasteiger partial charge in [0.1, 0.15) is 0 Å². The lowest BCUT2D eigenvalue weighted by Gasteiger charge is -2.11. The van der Waals surface area contributed by atoms with Crippen molar-refractivity contribution in [2.45, 2.75) is 26.9 Å². The van der Waals surface area contributed by atoms with Gasteiger partial charge in [0.05, 0.1) is 12.0 Å². The van der Waals surface area contributed by atoms with Gasteiger partial charge in [-0.15, -0.1) is 12.4 Å². The highest BCUT2D eigenvalue weighted by atomic mass is 35.5. The first kappa shape index (κ1) is 13.3. The van der Waals surface area contributed by atoms with Gasteiger partial charge in [-0.1, -0.05) is 6.92 Å². The summed E-state index contributed by atoms with van der Waals surface area (Å²) in [5.41, 5.74) is 5.25. The predicted molar refractivity (Wildman–Crippen MR) is 46.7 cm³/mol. The normalized spacial score (nSPS) is 12.1. The number of hydrogen-bond donors (Lipinski definition) is 1. The Morgan fingerprint density at radius 1 is 1.45 bits per heavy atom. The van der Waals surface area contributed by atoms with Gasteiger partial charge < -0.3 is 10.5 Å². The number of carbonyl (C=O) groups excluding carboxylic acids is 1. The fourth-order valence-electron chi connectivity index (χ4n) is 0.445. The zero-order valence-electron chi connectivity index (χ0n) is 7.16. The monoisotopic (exact) mass is 181 g/mol. The van der Waals surface area contributed by atoms with Crippen molar-refractivity contribution in [3.63, 3.8) is 0 Å². The smallest absolute Gasteiger partial charge is 0.310 e. The number of hydrogen-bond acceptors (Lipinski definition) is 3. The van der Waals surface area contributed by atoms with Crippen molar-refractivity contribution in [1.29, 1.82) is 0 Å². The average molecular weight is 182 g/mol. The molecule has 0 saturated carbocycles. The van der Waals surface area contributed by atoms with Crippen molar-refractivity contribution in [3.8, 4) is 0 Å². The van der Waals surface area contributed by atoms with Gasteiger partial charge in [0.25, 0.3) is 0 Å². The van der Waals surface area contributed by atoms with Gasteiger partial charge in [-0.25, -0.2) is 0 Å². The summed E-state index contributed by atoms with van der Waals surface area (Å²) in [6.45, 7) is 5.75. The number of ether oxygens (including phenoxy) is 1. The lowest BCUT2D eigenvalue weighted by atomic mass is 10.2. The maximum absolute atomic E-state index is 10.9. The Morgan fingerprint density at radius 3 is 2.18 bits per heavy atom. The third-order valence-electron chi connectivity index (χ3n) is 1.11. The van der Waals surface area contributed by atoms with Gasteiger partial charge in [-0.3, -0.25) is 4.79 Å². The molecule has 0 aromatic carbocycles. The van der Waals surface area contributed by atoms with E-state index in [0.29, 0.717) is 6.54 Å². The van der Waals surface area contributed by atoms with E-state index in [-0.39, 0.29) is 30.4 Å². The first-order valence-electron chi connectivity index (χ1n) is 3.48. The molecule has 2 N–H and O–H groups in total. The van der Waals surface area contributed by atoms with Gasteiger partial charge in [0.15, 0.2) is 0 Å². The van der Waals surface area contributed by atoms with E-state index in [0.717, 1.165) is 0 Å². The molecule has 0 aliphatic carbocycles. The molecule has 0 saturated heterocycles. The van der Waals surface area contributed by atoms with E-state index in [1.165, 1.54) is 0 Å². The summed E-state index contributed by atoms with van der Waals surface area (Å²) in [7, 11) is 0. The average Bonchev–Trinajstić information content (AvgIpc) is 1.85. The van der Waals surface area contributed by atoms with Gasteiger partial charge in [-0.05, 0) is 13.8 Å². The van der Waals surface area contributed by atoms with Crippen molar-refractivity contribution in [2.75, 3.05) is 6.54 Å². The van der Waals surface area contributed by atoms with E-state index in [4.69, 9.17) is 10.5 Å². The molecule has 0 radical (unpaired) electrons. The molecule has 11 heavy (non-hydrogen) atoms. The quantitative estimate of drug-likeness (QED) is 0.660. The van der Waals surface area contributed by atoms with Crippen LogP contribution in [0.25, 0.3) is 0 Å². The first-order valence-corrected chi connectivity index (χ1v) is 3.48. The first-order chi connectivity index (χ1) is 4.57. The van der Waals surface area contributed by atoms with Crippen LogP contribution in [0.5, 0.6) is 0 Å². The Bertz CT molecular complexity index is 117. The Labute approximate surface area is 73.7 Å². The van der Waals surface area contributed by atoms with Crippen LogP contribution < -0.4 is 5.73 Å². The summed E-state index contributed by atoms with van der Waals surface area (Å²) in [4.78, 5) is 10.9. The number of halogens is 1. The highest BCUT2D eigenvalue weighted by Gasteiger charge is 2.12. The summed E-state index contributed by atoms with van der Waals surface area (Å²) in [6, 6.07) is 0. The summed E-state index contributed by atoms with van der Waals surface area (Å²) >= 11 is 0. The number of carbonyl (C=O) groups is 1. The number of nitrogens with two attached hydrogens (primary N) is 1. The standard InChI is InChI=1S/C7H15NO2.ClH/c1-5(2)10-7(9)6(3)4-8;/h5-6H,4,8H2,1-3H3;1H/t6-;/m0./s1. The zero-order chi connectivity index (χ0) is 8.15. The van der Waals surface area contributed by atoms with Crippen LogP contribution in [0.2, 0.25) is 0 Å². The molecule has 0 aliphatic rings. The van der Waals surface area contributed by atoms with E-state index < -0.39 is 0 Å². The zero-order valence-corrected chi connectivity index (χ0v) is 7.98. The largest absolute Gasteiger partial charge is 0.463 e. The molecule has 0 amide bonds. The minimum Gasteiger partial charge on any atom is -0.463 e. The Hall–Kier alpha value is -0.280. The van der Waals surface area contributed by atoms with Crippen LogP contribution in [0, 0.1) is 5.92 Å². The van der Waals surface area contributed by atoms with Gasteiger partial charge in [-0.2, -0.15) is 0 Å². The van der Waals surface area contributed by atoms with Crippen LogP contribution >= 0.6 is 12.4 Å². The molecule has 0 rings (SSSR count). The predicted octanol–water partition coefficient (Wildman–Crippen LogP) is 0.955. The number of rotatable bonds is 3. The van der Waals surface area contributed by atoms with Crippen LogP contribution in [-0.4, -0.2) is 18.6 Å². The minimum absolute atomic E-state index is 0. The van der Waals surface area contributed by atoms with E-state index in [9.17, 15) is 4.79 Å². The molecule has 0 aromatic rings.